The first-order valence-corrected chi connectivity index (χ1v) is 8.31. The van der Waals surface area contributed by atoms with E-state index >= 15 is 0 Å². The zero-order valence-corrected chi connectivity index (χ0v) is 14.7. The third kappa shape index (κ3) is 3.01. The first-order valence-electron chi connectivity index (χ1n) is 7.51. The van der Waals surface area contributed by atoms with Crippen molar-refractivity contribution in [3.63, 3.8) is 0 Å². The molecule has 2 amide bonds. The molecular weight excluding hydrogens is 372 g/mol. The minimum atomic E-state index is -0.554. The van der Waals surface area contributed by atoms with Crippen molar-refractivity contribution in [2.75, 3.05) is 12.4 Å². The molecule has 0 bridgehead atoms. The molecule has 0 unspecified atom stereocenters. The summed E-state index contributed by atoms with van der Waals surface area (Å²) < 4.78 is 6.23. The number of carbonyl (C=O) groups excluding carboxylic acids is 2. The fourth-order valence-electron chi connectivity index (χ4n) is 2.74. The van der Waals surface area contributed by atoms with Gasteiger partial charge in [-0.05, 0) is 48.7 Å². The van der Waals surface area contributed by atoms with Gasteiger partial charge in [0.2, 0.25) is 11.8 Å². The summed E-state index contributed by atoms with van der Waals surface area (Å²) in [6.45, 7) is 0. The van der Waals surface area contributed by atoms with Crippen molar-refractivity contribution in [1.82, 2.24) is 0 Å². The number of halogens is 1. The van der Waals surface area contributed by atoms with E-state index in [0.717, 1.165) is 22.9 Å². The van der Waals surface area contributed by atoms with Gasteiger partial charge >= 0.3 is 0 Å². The van der Waals surface area contributed by atoms with E-state index in [1.54, 1.807) is 12.1 Å². The number of hydrogen-bond acceptors (Lipinski definition) is 3. The van der Waals surface area contributed by atoms with Crippen LogP contribution in [0.1, 0.15) is 28.8 Å². The lowest BCUT2D eigenvalue weighted by molar-refractivity contribution is -0.118. The molecule has 1 aliphatic rings. The van der Waals surface area contributed by atoms with Crippen LogP contribution in [0.15, 0.2) is 46.9 Å². The number of carbonyl (C=O) groups is 2. The molecular formula is C18H17BrN2O3. The van der Waals surface area contributed by atoms with Crippen molar-refractivity contribution < 1.29 is 14.3 Å². The van der Waals surface area contributed by atoms with Gasteiger partial charge in [-0.15, -0.1) is 0 Å². The van der Waals surface area contributed by atoms with Crippen LogP contribution in [0.3, 0.4) is 0 Å². The predicted octanol–water partition coefficient (Wildman–Crippen LogP) is 3.23. The van der Waals surface area contributed by atoms with Crippen molar-refractivity contribution in [3.8, 4) is 5.75 Å². The molecule has 3 N–H and O–H groups in total. The van der Waals surface area contributed by atoms with E-state index in [-0.39, 0.29) is 5.91 Å². The highest BCUT2D eigenvalue weighted by molar-refractivity contribution is 9.10. The quantitative estimate of drug-likeness (QED) is 0.824. The second-order valence-electron chi connectivity index (χ2n) is 5.82. The summed E-state index contributed by atoms with van der Waals surface area (Å²) in [5, 5.41) is 2.89. The molecule has 24 heavy (non-hydrogen) atoms. The topological polar surface area (TPSA) is 81.4 Å². The van der Waals surface area contributed by atoms with Gasteiger partial charge in [0.25, 0.3) is 0 Å². The number of primary amides is 1. The van der Waals surface area contributed by atoms with Crippen LogP contribution in [0.2, 0.25) is 0 Å². The Kier molecular flexibility index (Phi) is 4.32. The molecule has 0 saturated heterocycles. The van der Waals surface area contributed by atoms with Gasteiger partial charge in [0.05, 0.1) is 18.2 Å². The zero-order chi connectivity index (χ0) is 17.3. The Bertz CT molecular complexity index is 798. The standard InChI is InChI=1S/C18H17BrN2O3/c1-24-15-7-2-11(16(20)22)10-14(15)21-17(23)18(8-9-18)12-3-5-13(19)6-4-12/h2-7,10H,8-9H2,1H3,(H2,20,22)(H,21,23). The molecule has 5 nitrogen and oxygen atoms in total. The highest BCUT2D eigenvalue weighted by Gasteiger charge is 2.51. The summed E-state index contributed by atoms with van der Waals surface area (Å²) in [6, 6.07) is 12.5. The molecule has 0 spiro atoms. The first-order chi connectivity index (χ1) is 11.5. The highest BCUT2D eigenvalue weighted by atomic mass is 79.9. The Balaban J connectivity index is 1.88. The SMILES string of the molecule is COc1ccc(C(N)=O)cc1NC(=O)C1(c2ccc(Br)cc2)CC1. The lowest BCUT2D eigenvalue weighted by atomic mass is 9.95. The van der Waals surface area contributed by atoms with Crippen molar-refractivity contribution in [1.29, 1.82) is 0 Å². The van der Waals surface area contributed by atoms with Crippen molar-refractivity contribution in [3.05, 3.63) is 58.1 Å². The molecule has 1 saturated carbocycles. The third-order valence-corrected chi connectivity index (χ3v) is 4.84. The molecule has 3 rings (SSSR count). The lowest BCUT2D eigenvalue weighted by Gasteiger charge is -2.18. The summed E-state index contributed by atoms with van der Waals surface area (Å²) in [5.74, 6) is -0.174. The fourth-order valence-corrected chi connectivity index (χ4v) is 3.01. The van der Waals surface area contributed by atoms with Crippen LogP contribution in [0, 0.1) is 0 Å². The number of ether oxygens (including phenoxy) is 1. The number of rotatable bonds is 5. The van der Waals surface area contributed by atoms with E-state index in [9.17, 15) is 9.59 Å². The number of nitrogens with one attached hydrogen (secondary N) is 1. The Hall–Kier alpha value is -2.34. The second kappa shape index (κ2) is 6.28. The normalized spacial score (nSPS) is 14.8. The van der Waals surface area contributed by atoms with Crippen LogP contribution in [-0.2, 0) is 10.2 Å². The molecule has 124 valence electrons. The van der Waals surface area contributed by atoms with Gasteiger partial charge in [0.1, 0.15) is 5.75 Å². The Morgan fingerprint density at radius 2 is 1.83 bits per heavy atom. The summed E-state index contributed by atoms with van der Waals surface area (Å²) in [4.78, 5) is 24.2. The number of hydrogen-bond donors (Lipinski definition) is 2. The molecule has 1 fully saturated rings. The largest absolute Gasteiger partial charge is 0.495 e. The molecule has 6 heteroatoms. The average molecular weight is 389 g/mol. The summed E-state index contributed by atoms with van der Waals surface area (Å²) in [7, 11) is 1.51. The minimum absolute atomic E-state index is 0.107. The lowest BCUT2D eigenvalue weighted by Crippen LogP contribution is -2.28. The van der Waals surface area contributed by atoms with Gasteiger partial charge in [0.15, 0.2) is 0 Å². The third-order valence-electron chi connectivity index (χ3n) is 4.31. The maximum absolute atomic E-state index is 12.8. The van der Waals surface area contributed by atoms with E-state index in [0.29, 0.717) is 17.0 Å². The summed E-state index contributed by atoms with van der Waals surface area (Å²) in [5.41, 5.74) is 6.54. The average Bonchev–Trinajstić information content (AvgIpc) is 3.37. The maximum Gasteiger partial charge on any atom is 0.248 e. The van der Waals surface area contributed by atoms with Crippen LogP contribution >= 0.6 is 15.9 Å². The van der Waals surface area contributed by atoms with Crippen LogP contribution in [0.25, 0.3) is 0 Å². The molecule has 0 radical (unpaired) electrons. The van der Waals surface area contributed by atoms with Crippen LogP contribution in [-0.4, -0.2) is 18.9 Å². The first kappa shape index (κ1) is 16.5. The molecule has 1 aliphatic carbocycles. The van der Waals surface area contributed by atoms with Gasteiger partial charge in [-0.25, -0.2) is 0 Å². The number of amides is 2. The zero-order valence-electron chi connectivity index (χ0n) is 13.1. The summed E-state index contributed by atoms with van der Waals surface area (Å²) in [6.07, 6.45) is 1.58. The van der Waals surface area contributed by atoms with Crippen molar-refractivity contribution >= 4 is 33.4 Å². The summed E-state index contributed by atoms with van der Waals surface area (Å²) >= 11 is 3.40. The van der Waals surface area contributed by atoms with Crippen molar-refractivity contribution in [2.45, 2.75) is 18.3 Å². The van der Waals surface area contributed by atoms with Gasteiger partial charge in [-0.2, -0.15) is 0 Å². The Morgan fingerprint density at radius 1 is 1.17 bits per heavy atom. The molecule has 0 aliphatic heterocycles. The van der Waals surface area contributed by atoms with E-state index in [1.165, 1.54) is 13.2 Å². The van der Waals surface area contributed by atoms with Gasteiger partial charge < -0.3 is 15.8 Å². The van der Waals surface area contributed by atoms with Gasteiger partial charge in [-0.1, -0.05) is 28.1 Å². The molecule has 0 aromatic heterocycles. The Morgan fingerprint density at radius 3 is 2.38 bits per heavy atom. The van der Waals surface area contributed by atoms with Crippen LogP contribution in [0.4, 0.5) is 5.69 Å². The fraction of sp³-hybridized carbons (Fsp3) is 0.222. The van der Waals surface area contributed by atoms with Crippen LogP contribution < -0.4 is 15.8 Å². The smallest absolute Gasteiger partial charge is 0.248 e. The molecule has 2 aromatic rings. The van der Waals surface area contributed by atoms with Gasteiger partial charge in [-0.3, -0.25) is 9.59 Å². The minimum Gasteiger partial charge on any atom is -0.495 e. The maximum atomic E-state index is 12.8. The monoisotopic (exact) mass is 388 g/mol. The van der Waals surface area contributed by atoms with E-state index in [1.807, 2.05) is 24.3 Å². The molecule has 0 heterocycles. The van der Waals surface area contributed by atoms with Crippen LogP contribution in [0.5, 0.6) is 5.75 Å². The number of anilines is 1. The molecule has 2 aromatic carbocycles. The van der Waals surface area contributed by atoms with E-state index < -0.39 is 11.3 Å². The molecule has 0 atom stereocenters. The van der Waals surface area contributed by atoms with E-state index in [4.69, 9.17) is 10.5 Å². The number of nitrogens with two attached hydrogens (primary N) is 1. The van der Waals surface area contributed by atoms with Crippen molar-refractivity contribution in [2.24, 2.45) is 5.73 Å². The second-order valence-corrected chi connectivity index (χ2v) is 6.74. The van der Waals surface area contributed by atoms with E-state index in [2.05, 4.69) is 21.2 Å². The highest BCUT2D eigenvalue weighted by Crippen LogP contribution is 2.49. The number of benzene rings is 2. The number of methoxy groups -OCH3 is 1. The van der Waals surface area contributed by atoms with Gasteiger partial charge in [0, 0.05) is 10.0 Å². The Labute approximate surface area is 148 Å². The predicted molar refractivity (Wildman–Crippen MR) is 95.2 cm³/mol.